The number of guanidine groups is 1. The maximum Gasteiger partial charge on any atom is 0.416 e. The van der Waals surface area contributed by atoms with Crippen molar-refractivity contribution in [3.05, 3.63) is 70.2 Å². The van der Waals surface area contributed by atoms with Crippen molar-refractivity contribution in [3.63, 3.8) is 0 Å². The molecule has 0 bridgehead atoms. The van der Waals surface area contributed by atoms with E-state index in [1.807, 2.05) is 0 Å². The number of carbonyl (C=O) groups is 1. The van der Waals surface area contributed by atoms with Gasteiger partial charge in [-0.15, -0.1) is 4.99 Å². The SMILES string of the molecule is C=CCOC(=O)NC1CN(/C(=N\C#N)Nc2cc(C(F)(F)F)ccc2OCCN2CCOCC2)N=C1c1ccc(Cl)c(Cl)c1. The predicted molar refractivity (Wildman–Crippen MR) is 159 cm³/mol. The Labute approximate surface area is 261 Å². The zero-order chi connectivity index (χ0) is 31.7. The minimum atomic E-state index is -4.65. The first-order chi connectivity index (χ1) is 21.1. The highest BCUT2D eigenvalue weighted by Crippen LogP contribution is 2.35. The van der Waals surface area contributed by atoms with E-state index < -0.39 is 23.9 Å². The topological polar surface area (TPSA) is 124 Å². The van der Waals surface area contributed by atoms with Gasteiger partial charge in [-0.1, -0.05) is 41.9 Å². The van der Waals surface area contributed by atoms with Gasteiger partial charge in [0.2, 0.25) is 12.2 Å². The molecule has 1 atom stereocenters. The van der Waals surface area contributed by atoms with Gasteiger partial charge in [0.25, 0.3) is 0 Å². The molecule has 0 saturated carbocycles. The molecule has 0 radical (unpaired) electrons. The lowest BCUT2D eigenvalue weighted by atomic mass is 10.0. The summed E-state index contributed by atoms with van der Waals surface area (Å²) < 4.78 is 57.2. The lowest BCUT2D eigenvalue weighted by molar-refractivity contribution is -0.137. The summed E-state index contributed by atoms with van der Waals surface area (Å²) in [5, 5.41) is 21.2. The molecule has 4 rings (SSSR count). The molecule has 2 aliphatic heterocycles. The molecule has 2 aromatic rings. The van der Waals surface area contributed by atoms with E-state index in [1.165, 1.54) is 23.2 Å². The molecule has 234 valence electrons. The minimum Gasteiger partial charge on any atom is -0.490 e. The summed E-state index contributed by atoms with van der Waals surface area (Å²) in [6.07, 6.45) is -2.39. The first-order valence-electron chi connectivity index (χ1n) is 13.3. The standard InChI is InChI=1S/C28H28Cl2F3N7O4/c1-2-10-44-27(41)37-23-16-40(38-25(23)18-3-5-20(29)21(30)14-18)26(35-17-34)36-22-15-19(28(31,32)33)4-6-24(22)43-13-9-39-7-11-42-12-8-39/h2-6,14-15,23H,1,7-13,16H2,(H,35,36)(H,37,41). The molecule has 1 unspecified atom stereocenters. The second-order valence-corrected chi connectivity index (χ2v) is 10.3. The number of hydrazone groups is 1. The number of alkyl halides is 3. The van der Waals surface area contributed by atoms with Gasteiger partial charge in [0, 0.05) is 25.2 Å². The average Bonchev–Trinajstić information content (AvgIpc) is 3.41. The Balaban J connectivity index is 1.62. The second-order valence-electron chi connectivity index (χ2n) is 9.45. The number of rotatable bonds is 9. The van der Waals surface area contributed by atoms with Gasteiger partial charge in [0.1, 0.15) is 19.0 Å². The van der Waals surface area contributed by atoms with E-state index in [0.29, 0.717) is 49.1 Å². The van der Waals surface area contributed by atoms with Crippen LogP contribution in [0.1, 0.15) is 11.1 Å². The van der Waals surface area contributed by atoms with Crippen molar-refractivity contribution >= 4 is 46.7 Å². The van der Waals surface area contributed by atoms with Gasteiger partial charge in [-0.25, -0.2) is 9.80 Å². The van der Waals surface area contributed by atoms with Gasteiger partial charge >= 0.3 is 12.3 Å². The molecule has 2 aliphatic rings. The van der Waals surface area contributed by atoms with E-state index in [2.05, 4.69) is 32.2 Å². The Morgan fingerprint density at radius 2 is 2.00 bits per heavy atom. The third-order valence-corrected chi connectivity index (χ3v) is 7.22. The molecule has 1 saturated heterocycles. The van der Waals surface area contributed by atoms with Crippen LogP contribution in [0.25, 0.3) is 0 Å². The van der Waals surface area contributed by atoms with Gasteiger partial charge in [0.05, 0.1) is 52.8 Å². The zero-order valence-corrected chi connectivity index (χ0v) is 24.8. The average molecular weight is 654 g/mol. The van der Waals surface area contributed by atoms with Gasteiger partial charge in [-0.2, -0.15) is 23.5 Å². The number of alkyl carbamates (subject to hydrolysis) is 1. The largest absolute Gasteiger partial charge is 0.490 e. The highest BCUT2D eigenvalue weighted by Gasteiger charge is 2.34. The number of nitrogens with one attached hydrogen (secondary N) is 2. The molecule has 0 aliphatic carbocycles. The summed E-state index contributed by atoms with van der Waals surface area (Å²) in [6.45, 7) is 6.70. The van der Waals surface area contributed by atoms with Crippen molar-refractivity contribution in [1.29, 1.82) is 5.26 Å². The number of ether oxygens (including phenoxy) is 3. The number of aliphatic imine (C=N–C) groups is 1. The number of morpholine rings is 1. The number of amides is 1. The predicted octanol–water partition coefficient (Wildman–Crippen LogP) is 4.97. The Morgan fingerprint density at radius 3 is 2.68 bits per heavy atom. The molecular formula is C28H28Cl2F3N7O4. The highest BCUT2D eigenvalue weighted by molar-refractivity contribution is 6.42. The van der Waals surface area contributed by atoms with E-state index >= 15 is 0 Å². The maximum absolute atomic E-state index is 13.7. The number of halogens is 5. The van der Waals surface area contributed by atoms with Crippen LogP contribution in [0.2, 0.25) is 10.0 Å². The first kappa shape index (κ1) is 32.9. The molecule has 11 nitrogen and oxygen atoms in total. The fourth-order valence-electron chi connectivity index (χ4n) is 4.34. The number of hydrogen-bond donors (Lipinski definition) is 2. The Bertz CT molecular complexity index is 1460. The molecule has 0 aromatic heterocycles. The van der Waals surface area contributed by atoms with Gasteiger partial charge < -0.3 is 24.8 Å². The molecule has 1 amide bonds. The van der Waals surface area contributed by atoms with Crippen LogP contribution in [0.5, 0.6) is 5.75 Å². The van der Waals surface area contributed by atoms with Crippen molar-refractivity contribution < 1.29 is 32.2 Å². The fraction of sp³-hybridized carbons (Fsp3) is 0.357. The fourth-order valence-corrected chi connectivity index (χ4v) is 4.64. The smallest absolute Gasteiger partial charge is 0.416 e. The van der Waals surface area contributed by atoms with Crippen molar-refractivity contribution in [2.24, 2.45) is 10.1 Å². The van der Waals surface area contributed by atoms with Gasteiger partial charge in [0.15, 0.2) is 0 Å². The Hall–Kier alpha value is -4.03. The highest BCUT2D eigenvalue weighted by atomic mass is 35.5. The summed E-state index contributed by atoms with van der Waals surface area (Å²) in [5.74, 6) is -0.112. The number of anilines is 1. The molecular weight excluding hydrogens is 626 g/mol. The molecule has 0 spiro atoms. The summed E-state index contributed by atoms with van der Waals surface area (Å²) in [7, 11) is 0. The monoisotopic (exact) mass is 653 g/mol. The quantitative estimate of drug-likeness (QED) is 0.168. The number of nitrogens with zero attached hydrogens (tertiary/aromatic N) is 5. The lowest BCUT2D eigenvalue weighted by Gasteiger charge is -2.26. The number of carbonyl (C=O) groups excluding carboxylic acids is 1. The maximum atomic E-state index is 13.7. The van der Waals surface area contributed by atoms with Gasteiger partial charge in [-0.05, 0) is 30.3 Å². The molecule has 2 heterocycles. The van der Waals surface area contributed by atoms with Crippen LogP contribution in [-0.4, -0.2) is 86.3 Å². The summed E-state index contributed by atoms with van der Waals surface area (Å²) >= 11 is 12.3. The third kappa shape index (κ3) is 8.76. The van der Waals surface area contributed by atoms with Crippen molar-refractivity contribution in [3.8, 4) is 11.9 Å². The Kier molecular flexibility index (Phi) is 11.3. The van der Waals surface area contributed by atoms with Crippen LogP contribution < -0.4 is 15.4 Å². The van der Waals surface area contributed by atoms with E-state index in [9.17, 15) is 23.2 Å². The third-order valence-electron chi connectivity index (χ3n) is 6.48. The van der Waals surface area contributed by atoms with Crippen molar-refractivity contribution in [2.45, 2.75) is 12.2 Å². The minimum absolute atomic E-state index is 0.0475. The van der Waals surface area contributed by atoms with Crippen molar-refractivity contribution in [1.82, 2.24) is 15.2 Å². The van der Waals surface area contributed by atoms with Crippen LogP contribution >= 0.6 is 23.2 Å². The second kappa shape index (κ2) is 15.1. The summed E-state index contributed by atoms with van der Waals surface area (Å²) in [4.78, 5) is 18.3. The van der Waals surface area contributed by atoms with Gasteiger partial charge in [-0.3, -0.25) is 4.90 Å². The summed E-state index contributed by atoms with van der Waals surface area (Å²) in [6, 6.07) is 6.87. The van der Waals surface area contributed by atoms with Crippen LogP contribution in [0, 0.1) is 11.5 Å². The number of nitriles is 1. The Morgan fingerprint density at radius 1 is 1.23 bits per heavy atom. The lowest BCUT2D eigenvalue weighted by Crippen LogP contribution is -2.44. The normalized spacial score (nSPS) is 17.5. The van der Waals surface area contributed by atoms with Crippen molar-refractivity contribution in [2.75, 3.05) is 57.9 Å². The van der Waals surface area contributed by atoms with E-state index in [4.69, 9.17) is 37.4 Å². The van der Waals surface area contributed by atoms with Crippen LogP contribution in [0.3, 0.4) is 0 Å². The van der Waals surface area contributed by atoms with Crippen LogP contribution in [0.4, 0.5) is 23.7 Å². The molecule has 1 fully saturated rings. The number of benzene rings is 2. The van der Waals surface area contributed by atoms with E-state index in [1.54, 1.807) is 18.3 Å². The first-order valence-corrected chi connectivity index (χ1v) is 14.1. The van der Waals surface area contributed by atoms with Crippen LogP contribution in [-0.2, 0) is 15.7 Å². The molecule has 2 aromatic carbocycles. The zero-order valence-electron chi connectivity index (χ0n) is 23.2. The molecule has 44 heavy (non-hydrogen) atoms. The summed E-state index contributed by atoms with van der Waals surface area (Å²) in [5.41, 5.74) is -0.248. The van der Waals surface area contributed by atoms with E-state index in [0.717, 1.165) is 12.1 Å². The molecule has 2 N–H and O–H groups in total. The van der Waals surface area contributed by atoms with E-state index in [-0.39, 0.29) is 42.2 Å². The molecule has 16 heteroatoms. The van der Waals surface area contributed by atoms with Crippen LogP contribution in [0.15, 0.2) is 59.1 Å². The number of hydrogen-bond acceptors (Lipinski definition) is 8.